The van der Waals surface area contributed by atoms with Crippen molar-refractivity contribution in [2.24, 2.45) is 4.99 Å². The third-order valence-corrected chi connectivity index (χ3v) is 10.4. The summed E-state index contributed by atoms with van der Waals surface area (Å²) in [6.45, 7) is 20.9. The summed E-state index contributed by atoms with van der Waals surface area (Å²) < 4.78 is 0. The van der Waals surface area contributed by atoms with Gasteiger partial charge in [0, 0.05) is 13.5 Å². The van der Waals surface area contributed by atoms with Crippen LogP contribution >= 0.6 is 7.26 Å². The second-order valence-electron chi connectivity index (χ2n) is 6.83. The van der Waals surface area contributed by atoms with Gasteiger partial charge in [-0.3, -0.25) is 4.99 Å². The third-order valence-electron chi connectivity index (χ3n) is 3.99. The van der Waals surface area contributed by atoms with Gasteiger partial charge in [-0.15, -0.1) is 0 Å². The fourth-order valence-corrected chi connectivity index (χ4v) is 6.18. The Morgan fingerprint density at radius 2 is 1.47 bits per heavy atom. The van der Waals surface area contributed by atoms with Gasteiger partial charge in [0.05, 0.1) is 23.5 Å². The van der Waals surface area contributed by atoms with Crippen molar-refractivity contribution in [3.8, 4) is 0 Å². The lowest BCUT2D eigenvalue weighted by Crippen LogP contribution is -2.28. The summed E-state index contributed by atoms with van der Waals surface area (Å²) in [6, 6.07) is 0. The molecule has 0 rings (SSSR count). The van der Waals surface area contributed by atoms with Crippen LogP contribution < -0.4 is 0 Å². The van der Waals surface area contributed by atoms with E-state index in [1.165, 1.54) is 6.42 Å². The number of rotatable bonds is 5. The summed E-state index contributed by atoms with van der Waals surface area (Å²) in [5.41, 5.74) is 2.33. The van der Waals surface area contributed by atoms with Gasteiger partial charge in [-0.2, -0.15) is 0 Å². The van der Waals surface area contributed by atoms with Crippen molar-refractivity contribution in [1.29, 1.82) is 0 Å². The molecular weight excluding hydrogens is 225 g/mol. The van der Waals surface area contributed by atoms with Gasteiger partial charge in [0.25, 0.3) is 0 Å². The zero-order chi connectivity index (χ0) is 13.9. The fraction of sp³-hybridized carbons (Fsp3) is 0.933. The SMILES string of the molecule is CCC(C=NC(C)(C)C)[P+](C)(C(C)C)C(C)C. The van der Waals surface area contributed by atoms with E-state index in [2.05, 4.69) is 68.3 Å². The highest BCUT2D eigenvalue weighted by Crippen LogP contribution is 2.67. The van der Waals surface area contributed by atoms with Crippen LogP contribution in [0.3, 0.4) is 0 Å². The maximum absolute atomic E-state index is 4.76. The zero-order valence-electron chi connectivity index (χ0n) is 13.4. The van der Waals surface area contributed by atoms with E-state index < -0.39 is 7.26 Å². The van der Waals surface area contributed by atoms with Crippen LogP contribution in [0.4, 0.5) is 0 Å². The first-order valence-corrected chi connectivity index (χ1v) is 9.41. The van der Waals surface area contributed by atoms with E-state index in [0.29, 0.717) is 5.66 Å². The molecule has 2 heteroatoms. The Bertz CT molecular complexity index is 240. The maximum atomic E-state index is 4.76. The van der Waals surface area contributed by atoms with Crippen molar-refractivity contribution >= 4 is 13.5 Å². The molecule has 0 aliphatic heterocycles. The molecule has 0 saturated heterocycles. The average Bonchev–Trinajstić information content (AvgIpc) is 2.15. The monoisotopic (exact) mass is 258 g/mol. The van der Waals surface area contributed by atoms with Crippen LogP contribution in [0.25, 0.3) is 0 Å². The zero-order valence-corrected chi connectivity index (χ0v) is 14.3. The first-order chi connectivity index (χ1) is 7.55. The molecule has 1 atom stereocenters. The molecule has 0 heterocycles. The van der Waals surface area contributed by atoms with Crippen LogP contribution in [-0.4, -0.2) is 35.4 Å². The molecule has 0 bridgehead atoms. The molecule has 0 fully saturated rings. The van der Waals surface area contributed by atoms with Gasteiger partial charge in [0.2, 0.25) is 0 Å². The molecule has 0 aromatic heterocycles. The molecule has 0 N–H and O–H groups in total. The van der Waals surface area contributed by atoms with Gasteiger partial charge in [-0.25, -0.2) is 0 Å². The molecule has 0 aromatic carbocycles. The minimum atomic E-state index is -0.959. The molecule has 0 aromatic rings. The summed E-state index contributed by atoms with van der Waals surface area (Å²) in [6.07, 6.45) is 3.49. The van der Waals surface area contributed by atoms with Crippen molar-refractivity contribution in [2.75, 3.05) is 6.66 Å². The maximum Gasteiger partial charge on any atom is 0.104 e. The van der Waals surface area contributed by atoms with Crippen molar-refractivity contribution in [3.05, 3.63) is 0 Å². The van der Waals surface area contributed by atoms with E-state index >= 15 is 0 Å². The normalized spacial score (nSPS) is 16.2. The van der Waals surface area contributed by atoms with Crippen LogP contribution in [0.5, 0.6) is 0 Å². The Morgan fingerprint density at radius 3 is 1.71 bits per heavy atom. The molecule has 0 radical (unpaired) electrons. The first-order valence-electron chi connectivity index (χ1n) is 6.96. The first kappa shape index (κ1) is 17.1. The highest BCUT2D eigenvalue weighted by molar-refractivity contribution is 7.77. The molecule has 102 valence electrons. The van der Waals surface area contributed by atoms with Crippen LogP contribution in [0.15, 0.2) is 4.99 Å². The summed E-state index contributed by atoms with van der Waals surface area (Å²) in [7, 11) is -0.959. The molecule has 17 heavy (non-hydrogen) atoms. The molecule has 0 spiro atoms. The van der Waals surface area contributed by atoms with E-state index in [1.54, 1.807) is 0 Å². The topological polar surface area (TPSA) is 12.4 Å². The molecule has 0 aliphatic carbocycles. The summed E-state index contributed by atoms with van der Waals surface area (Å²) in [5.74, 6) is 0. The van der Waals surface area contributed by atoms with Gasteiger partial charge >= 0.3 is 0 Å². The lowest BCUT2D eigenvalue weighted by Gasteiger charge is -2.36. The number of nitrogens with zero attached hydrogens (tertiary/aromatic N) is 1. The minimum absolute atomic E-state index is 0.0617. The van der Waals surface area contributed by atoms with Crippen molar-refractivity contribution < 1.29 is 0 Å². The van der Waals surface area contributed by atoms with Gasteiger partial charge in [-0.05, 0) is 54.9 Å². The molecule has 0 aliphatic rings. The standard InChI is InChI=1S/C15H33NP/c1-10-14(11-16-15(6,7)8)17(9,12(2)3)13(4)5/h11-14H,10H2,1-9H3/q+1. The minimum Gasteiger partial charge on any atom is -0.288 e. The second kappa shape index (κ2) is 6.32. The fourth-order valence-electron chi connectivity index (χ4n) is 2.31. The third kappa shape index (κ3) is 4.70. The Hall–Kier alpha value is 0.100. The Kier molecular flexibility index (Phi) is 6.36. The number of aliphatic imine (C=N–C) groups is 1. The van der Waals surface area contributed by atoms with Crippen LogP contribution in [-0.2, 0) is 0 Å². The molecule has 0 amide bonds. The summed E-state index contributed by atoms with van der Waals surface area (Å²) in [4.78, 5) is 4.76. The van der Waals surface area contributed by atoms with Crippen molar-refractivity contribution in [1.82, 2.24) is 0 Å². The Balaban J connectivity index is 5.14. The number of hydrogen-bond donors (Lipinski definition) is 0. The van der Waals surface area contributed by atoms with E-state index in [4.69, 9.17) is 4.99 Å². The van der Waals surface area contributed by atoms with E-state index in [0.717, 1.165) is 11.3 Å². The Morgan fingerprint density at radius 1 is 1.06 bits per heavy atom. The smallest absolute Gasteiger partial charge is 0.104 e. The number of hydrogen-bond acceptors (Lipinski definition) is 1. The summed E-state index contributed by atoms with van der Waals surface area (Å²) in [5, 5.41) is 0. The van der Waals surface area contributed by atoms with Gasteiger partial charge in [0.15, 0.2) is 0 Å². The summed E-state index contributed by atoms with van der Waals surface area (Å²) >= 11 is 0. The predicted molar refractivity (Wildman–Crippen MR) is 85.4 cm³/mol. The van der Waals surface area contributed by atoms with E-state index in [1.807, 2.05) is 0 Å². The molecule has 1 nitrogen and oxygen atoms in total. The average molecular weight is 258 g/mol. The van der Waals surface area contributed by atoms with Crippen LogP contribution in [0.2, 0.25) is 0 Å². The molecular formula is C15H33NP+. The highest BCUT2D eigenvalue weighted by Gasteiger charge is 2.45. The second-order valence-corrected chi connectivity index (χ2v) is 12.0. The van der Waals surface area contributed by atoms with E-state index in [-0.39, 0.29) is 5.54 Å². The predicted octanol–water partition coefficient (Wildman–Crippen LogP) is 5.10. The quantitative estimate of drug-likeness (QED) is 0.480. The van der Waals surface area contributed by atoms with Crippen LogP contribution in [0, 0.1) is 0 Å². The van der Waals surface area contributed by atoms with Gasteiger partial charge < -0.3 is 0 Å². The Labute approximate surface area is 110 Å². The van der Waals surface area contributed by atoms with Crippen molar-refractivity contribution in [2.45, 2.75) is 84.3 Å². The van der Waals surface area contributed by atoms with Crippen LogP contribution in [0.1, 0.15) is 61.8 Å². The van der Waals surface area contributed by atoms with Gasteiger partial charge in [0.1, 0.15) is 5.66 Å². The van der Waals surface area contributed by atoms with Crippen molar-refractivity contribution in [3.63, 3.8) is 0 Å². The molecule has 1 unspecified atom stereocenters. The van der Waals surface area contributed by atoms with Gasteiger partial charge in [-0.1, -0.05) is 6.92 Å². The highest BCUT2D eigenvalue weighted by atomic mass is 31.2. The lowest BCUT2D eigenvalue weighted by molar-refractivity contribution is 0.584. The molecule has 0 saturated carbocycles. The largest absolute Gasteiger partial charge is 0.288 e. The van der Waals surface area contributed by atoms with E-state index in [9.17, 15) is 0 Å². The lowest BCUT2D eigenvalue weighted by atomic mass is 10.1.